The maximum atomic E-state index is 12.6. The highest BCUT2D eigenvalue weighted by Crippen LogP contribution is 2.23. The Hall–Kier alpha value is -1.86. The summed E-state index contributed by atoms with van der Waals surface area (Å²) in [5, 5.41) is 0.559. The molecule has 2 N–H and O–H groups in total. The second-order valence-electron chi connectivity index (χ2n) is 8.50. The highest BCUT2D eigenvalue weighted by molar-refractivity contribution is 6.30. The second-order valence-corrected chi connectivity index (χ2v) is 8.86. The van der Waals surface area contributed by atoms with E-state index in [1.807, 2.05) is 0 Å². The zero-order valence-corrected chi connectivity index (χ0v) is 18.2. The van der Waals surface area contributed by atoms with Gasteiger partial charge in [-0.1, -0.05) is 31.9 Å². The number of piperidine rings is 1. The highest BCUT2D eigenvalue weighted by atomic mass is 35.5. The van der Waals surface area contributed by atoms with Crippen LogP contribution in [0.2, 0.25) is 5.15 Å². The summed E-state index contributed by atoms with van der Waals surface area (Å²) in [6.45, 7) is 8.54. The van der Waals surface area contributed by atoms with Crippen LogP contribution in [0.25, 0.3) is 0 Å². The number of imidazole rings is 1. The molecular formula is C21H31ClN6O. The number of hydrogen-bond donors (Lipinski definition) is 2. The average molecular weight is 419 g/mol. The first kappa shape index (κ1) is 20.4. The summed E-state index contributed by atoms with van der Waals surface area (Å²) < 4.78 is 0. The number of halogens is 1. The van der Waals surface area contributed by atoms with E-state index in [9.17, 15) is 4.79 Å². The SMILES string of the molecule is CCCCc1nc(Cl)c(CN2CCc3c(nc(N4CCC(C)CC4)[nH]c3=O)C2)[nH]1. The van der Waals surface area contributed by atoms with Gasteiger partial charge in [-0.15, -0.1) is 0 Å². The fourth-order valence-corrected chi connectivity index (χ4v) is 4.43. The predicted octanol–water partition coefficient (Wildman–Crippen LogP) is 3.28. The Labute approximate surface area is 176 Å². The van der Waals surface area contributed by atoms with E-state index >= 15 is 0 Å². The minimum absolute atomic E-state index is 0.0182. The molecule has 0 aliphatic carbocycles. The van der Waals surface area contributed by atoms with Crippen LogP contribution in [0.5, 0.6) is 0 Å². The molecule has 1 saturated heterocycles. The van der Waals surface area contributed by atoms with E-state index in [1.54, 1.807) is 0 Å². The van der Waals surface area contributed by atoms with Gasteiger partial charge in [0.25, 0.3) is 5.56 Å². The maximum Gasteiger partial charge on any atom is 0.255 e. The third kappa shape index (κ3) is 4.67. The molecule has 29 heavy (non-hydrogen) atoms. The lowest BCUT2D eigenvalue weighted by molar-refractivity contribution is 0.238. The summed E-state index contributed by atoms with van der Waals surface area (Å²) in [7, 11) is 0. The number of rotatable bonds is 6. The molecule has 4 rings (SSSR count). The van der Waals surface area contributed by atoms with Crippen molar-refractivity contribution in [3.63, 3.8) is 0 Å². The van der Waals surface area contributed by atoms with Crippen LogP contribution in [-0.2, 0) is 25.9 Å². The molecule has 2 aliphatic heterocycles. The topological polar surface area (TPSA) is 80.9 Å². The number of hydrogen-bond acceptors (Lipinski definition) is 5. The predicted molar refractivity (Wildman–Crippen MR) is 115 cm³/mol. The van der Waals surface area contributed by atoms with Gasteiger partial charge in [-0.2, -0.15) is 0 Å². The van der Waals surface area contributed by atoms with Crippen LogP contribution < -0.4 is 10.5 Å². The Morgan fingerprint density at radius 1 is 1.17 bits per heavy atom. The molecule has 0 spiro atoms. The lowest BCUT2D eigenvalue weighted by Crippen LogP contribution is -2.39. The Kier molecular flexibility index (Phi) is 6.25. The minimum Gasteiger partial charge on any atom is -0.344 e. The number of aromatic amines is 2. The van der Waals surface area contributed by atoms with Crippen LogP contribution >= 0.6 is 11.6 Å². The molecule has 0 saturated carbocycles. The van der Waals surface area contributed by atoms with Crippen molar-refractivity contribution in [3.8, 4) is 0 Å². The number of nitrogens with zero attached hydrogens (tertiary/aromatic N) is 4. The first-order valence-electron chi connectivity index (χ1n) is 10.9. The molecule has 0 amide bonds. The summed E-state index contributed by atoms with van der Waals surface area (Å²) in [6.07, 6.45) is 6.16. The number of fused-ring (bicyclic) bond motifs is 1. The zero-order valence-electron chi connectivity index (χ0n) is 17.4. The minimum atomic E-state index is 0.0182. The molecule has 0 unspecified atom stereocenters. The number of aromatic nitrogens is 4. The van der Waals surface area contributed by atoms with E-state index in [2.05, 4.69) is 38.6 Å². The summed E-state index contributed by atoms with van der Waals surface area (Å²) >= 11 is 6.36. The highest BCUT2D eigenvalue weighted by Gasteiger charge is 2.25. The van der Waals surface area contributed by atoms with Crippen molar-refractivity contribution in [3.05, 3.63) is 38.3 Å². The van der Waals surface area contributed by atoms with Crippen molar-refractivity contribution in [1.29, 1.82) is 0 Å². The normalized spacial score (nSPS) is 18.2. The molecule has 0 aromatic carbocycles. The summed E-state index contributed by atoms with van der Waals surface area (Å²) in [6, 6.07) is 0. The lowest BCUT2D eigenvalue weighted by Gasteiger charge is -2.32. The number of unbranched alkanes of at least 4 members (excludes halogenated alkanes) is 1. The van der Waals surface area contributed by atoms with Crippen molar-refractivity contribution in [2.45, 2.75) is 65.5 Å². The molecule has 4 heterocycles. The third-order valence-electron chi connectivity index (χ3n) is 6.15. The van der Waals surface area contributed by atoms with Gasteiger partial charge in [-0.05, 0) is 31.6 Å². The summed E-state index contributed by atoms with van der Waals surface area (Å²) in [4.78, 5) is 32.9. The number of aryl methyl sites for hydroxylation is 1. The van der Waals surface area contributed by atoms with E-state index < -0.39 is 0 Å². The molecule has 2 aromatic heterocycles. The fraction of sp³-hybridized carbons (Fsp3) is 0.667. The molecule has 7 nitrogen and oxygen atoms in total. The fourth-order valence-electron chi connectivity index (χ4n) is 4.22. The van der Waals surface area contributed by atoms with Gasteiger partial charge in [0.05, 0.1) is 11.4 Å². The smallest absolute Gasteiger partial charge is 0.255 e. The lowest BCUT2D eigenvalue weighted by atomic mass is 9.99. The molecule has 8 heteroatoms. The van der Waals surface area contributed by atoms with Gasteiger partial charge in [0, 0.05) is 44.7 Å². The van der Waals surface area contributed by atoms with Gasteiger partial charge in [-0.25, -0.2) is 9.97 Å². The van der Waals surface area contributed by atoms with Gasteiger partial charge in [0.1, 0.15) is 5.82 Å². The van der Waals surface area contributed by atoms with Gasteiger partial charge >= 0.3 is 0 Å². The van der Waals surface area contributed by atoms with E-state index in [1.165, 1.54) is 0 Å². The molecule has 0 bridgehead atoms. The number of anilines is 1. The van der Waals surface area contributed by atoms with Crippen LogP contribution in [-0.4, -0.2) is 44.5 Å². The van der Waals surface area contributed by atoms with Crippen LogP contribution in [0, 0.1) is 5.92 Å². The van der Waals surface area contributed by atoms with Gasteiger partial charge in [-0.3, -0.25) is 14.7 Å². The molecule has 0 radical (unpaired) electrons. The Morgan fingerprint density at radius 2 is 1.97 bits per heavy atom. The zero-order chi connectivity index (χ0) is 20.4. The van der Waals surface area contributed by atoms with E-state index in [0.717, 1.165) is 86.4 Å². The van der Waals surface area contributed by atoms with Crippen molar-refractivity contribution in [2.24, 2.45) is 5.92 Å². The first-order chi connectivity index (χ1) is 14.0. The van der Waals surface area contributed by atoms with E-state index in [0.29, 0.717) is 24.7 Å². The molecular weight excluding hydrogens is 388 g/mol. The van der Waals surface area contributed by atoms with Crippen LogP contribution in [0.15, 0.2) is 4.79 Å². The molecule has 0 atom stereocenters. The monoisotopic (exact) mass is 418 g/mol. The van der Waals surface area contributed by atoms with E-state index in [4.69, 9.17) is 16.6 Å². The molecule has 2 aromatic rings. The maximum absolute atomic E-state index is 12.6. The quantitative estimate of drug-likeness (QED) is 0.752. The van der Waals surface area contributed by atoms with Crippen LogP contribution in [0.4, 0.5) is 5.95 Å². The van der Waals surface area contributed by atoms with Gasteiger partial charge < -0.3 is 9.88 Å². The Morgan fingerprint density at radius 3 is 2.72 bits per heavy atom. The Balaban J connectivity index is 1.47. The standard InChI is InChI=1S/C21H31ClN6O/c1-3-4-5-18-23-17(19(22)25-18)13-27-9-8-15-16(12-27)24-21(26-20(15)29)28-10-6-14(2)7-11-28/h14H,3-13H2,1-2H3,(H,23,25)(H,24,26,29). The second kappa shape index (κ2) is 8.88. The first-order valence-corrected chi connectivity index (χ1v) is 11.2. The van der Waals surface area contributed by atoms with Crippen molar-refractivity contribution in [2.75, 3.05) is 24.5 Å². The van der Waals surface area contributed by atoms with Crippen molar-refractivity contribution < 1.29 is 0 Å². The molecule has 1 fully saturated rings. The van der Waals surface area contributed by atoms with Crippen LogP contribution in [0.1, 0.15) is 62.3 Å². The van der Waals surface area contributed by atoms with Gasteiger partial charge in [0.2, 0.25) is 5.95 Å². The van der Waals surface area contributed by atoms with Crippen molar-refractivity contribution >= 4 is 17.5 Å². The summed E-state index contributed by atoms with van der Waals surface area (Å²) in [5.41, 5.74) is 2.70. The van der Waals surface area contributed by atoms with E-state index in [-0.39, 0.29) is 5.56 Å². The number of H-pyrrole nitrogens is 2. The largest absolute Gasteiger partial charge is 0.344 e. The van der Waals surface area contributed by atoms with Crippen molar-refractivity contribution in [1.82, 2.24) is 24.8 Å². The van der Waals surface area contributed by atoms with Crippen LogP contribution in [0.3, 0.4) is 0 Å². The summed E-state index contributed by atoms with van der Waals surface area (Å²) in [5.74, 6) is 2.43. The molecule has 2 aliphatic rings. The van der Waals surface area contributed by atoms with Gasteiger partial charge in [0.15, 0.2) is 5.15 Å². The Bertz CT molecular complexity index is 899. The number of nitrogens with one attached hydrogen (secondary N) is 2. The molecule has 158 valence electrons. The average Bonchev–Trinajstić information content (AvgIpc) is 3.06. The third-order valence-corrected chi connectivity index (χ3v) is 6.46.